The van der Waals surface area contributed by atoms with Gasteiger partial charge in [-0.25, -0.2) is 9.07 Å². The zero-order valence-electron chi connectivity index (χ0n) is 15.0. The lowest BCUT2D eigenvalue weighted by atomic mass is 10.2. The van der Waals surface area contributed by atoms with Crippen molar-refractivity contribution in [3.8, 4) is 17.2 Å². The number of fused-ring (bicyclic) bond motifs is 1. The molecule has 0 saturated heterocycles. The van der Waals surface area contributed by atoms with Gasteiger partial charge in [-0.2, -0.15) is 5.10 Å². The van der Waals surface area contributed by atoms with E-state index in [0.717, 1.165) is 5.56 Å². The van der Waals surface area contributed by atoms with Crippen LogP contribution in [0.1, 0.15) is 21.6 Å². The molecular weight excluding hydrogens is 385 g/mol. The molecule has 0 atom stereocenters. The second-order valence-electron chi connectivity index (χ2n) is 6.30. The molecule has 0 bridgehead atoms. The van der Waals surface area contributed by atoms with Crippen LogP contribution in [0.5, 0.6) is 11.5 Å². The minimum absolute atomic E-state index is 0.170. The van der Waals surface area contributed by atoms with Crippen molar-refractivity contribution in [2.75, 3.05) is 13.2 Å². The van der Waals surface area contributed by atoms with Crippen LogP contribution in [0.25, 0.3) is 5.69 Å². The Kier molecular flexibility index (Phi) is 4.92. The maximum Gasteiger partial charge on any atom is 0.256 e. The molecule has 2 aromatic carbocycles. The molecule has 2 heterocycles. The van der Waals surface area contributed by atoms with E-state index in [2.05, 4.69) is 10.4 Å². The highest BCUT2D eigenvalue weighted by atomic mass is 35.5. The minimum Gasteiger partial charge on any atom is -0.486 e. The van der Waals surface area contributed by atoms with E-state index < -0.39 is 0 Å². The largest absolute Gasteiger partial charge is 0.486 e. The average molecular weight is 402 g/mol. The third kappa shape index (κ3) is 3.53. The fraction of sp³-hybridized carbons (Fsp3) is 0.200. The first-order valence-corrected chi connectivity index (χ1v) is 9.08. The van der Waals surface area contributed by atoms with Crippen molar-refractivity contribution in [3.63, 3.8) is 0 Å². The predicted molar refractivity (Wildman–Crippen MR) is 102 cm³/mol. The number of hydrogen-bond acceptors (Lipinski definition) is 4. The standard InChI is InChI=1S/C20H17ClFN3O3/c1-12-18(19(21)25(24-12)15-5-3-14(22)4-6-15)20(26)23-11-13-2-7-16-17(10-13)28-9-8-27-16/h2-7,10H,8-9,11H2,1H3,(H,23,26). The third-order valence-corrected chi connectivity index (χ3v) is 4.71. The lowest BCUT2D eigenvalue weighted by Gasteiger charge is -2.19. The normalized spacial score (nSPS) is 12.7. The first kappa shape index (κ1) is 18.3. The number of nitrogens with zero attached hydrogens (tertiary/aromatic N) is 2. The molecular formula is C20H17ClFN3O3. The van der Waals surface area contributed by atoms with Crippen LogP contribution in [0.15, 0.2) is 42.5 Å². The van der Waals surface area contributed by atoms with Crippen molar-refractivity contribution in [1.29, 1.82) is 0 Å². The number of halogens is 2. The summed E-state index contributed by atoms with van der Waals surface area (Å²) in [5.74, 6) is 0.657. The van der Waals surface area contributed by atoms with E-state index in [4.69, 9.17) is 21.1 Å². The summed E-state index contributed by atoms with van der Waals surface area (Å²) < 4.78 is 25.6. The quantitative estimate of drug-likeness (QED) is 0.724. The molecule has 0 aliphatic carbocycles. The van der Waals surface area contributed by atoms with Gasteiger partial charge in [0, 0.05) is 6.54 Å². The molecule has 1 aliphatic rings. The van der Waals surface area contributed by atoms with Crippen LogP contribution in [0.3, 0.4) is 0 Å². The maximum absolute atomic E-state index is 13.1. The van der Waals surface area contributed by atoms with Crippen LogP contribution < -0.4 is 14.8 Å². The summed E-state index contributed by atoms with van der Waals surface area (Å²) in [4.78, 5) is 12.7. The topological polar surface area (TPSA) is 65.4 Å². The summed E-state index contributed by atoms with van der Waals surface area (Å²) in [5, 5.41) is 7.32. The van der Waals surface area contributed by atoms with Crippen molar-refractivity contribution < 1.29 is 18.7 Å². The lowest BCUT2D eigenvalue weighted by Crippen LogP contribution is -2.24. The summed E-state index contributed by atoms with van der Waals surface area (Å²) in [5.41, 5.74) is 2.20. The molecule has 1 aromatic heterocycles. The molecule has 144 valence electrons. The SMILES string of the molecule is Cc1nn(-c2ccc(F)cc2)c(Cl)c1C(=O)NCc1ccc2c(c1)OCCO2. The van der Waals surface area contributed by atoms with Crippen molar-refractivity contribution in [2.24, 2.45) is 0 Å². The zero-order chi connectivity index (χ0) is 19.7. The molecule has 0 radical (unpaired) electrons. The Morgan fingerprint density at radius 3 is 2.64 bits per heavy atom. The molecule has 28 heavy (non-hydrogen) atoms. The van der Waals surface area contributed by atoms with E-state index in [-0.39, 0.29) is 22.4 Å². The summed E-state index contributed by atoms with van der Waals surface area (Å²) >= 11 is 6.38. The molecule has 1 aliphatic heterocycles. The summed E-state index contributed by atoms with van der Waals surface area (Å²) in [6, 6.07) is 11.2. The van der Waals surface area contributed by atoms with E-state index >= 15 is 0 Å². The fourth-order valence-corrected chi connectivity index (χ4v) is 3.34. The molecule has 0 spiro atoms. The third-order valence-electron chi connectivity index (χ3n) is 4.36. The van der Waals surface area contributed by atoms with E-state index in [9.17, 15) is 9.18 Å². The second-order valence-corrected chi connectivity index (χ2v) is 6.66. The Bertz CT molecular complexity index is 1030. The molecule has 6 nitrogen and oxygen atoms in total. The van der Waals surface area contributed by atoms with Crippen LogP contribution in [0, 0.1) is 12.7 Å². The van der Waals surface area contributed by atoms with Crippen molar-refractivity contribution in [1.82, 2.24) is 15.1 Å². The van der Waals surface area contributed by atoms with Gasteiger partial charge in [0.1, 0.15) is 24.2 Å². The number of aryl methyl sites for hydroxylation is 1. The molecule has 4 rings (SSSR count). The Hall–Kier alpha value is -3.06. The number of aromatic nitrogens is 2. The smallest absolute Gasteiger partial charge is 0.256 e. The Labute approximate surface area is 165 Å². The van der Waals surface area contributed by atoms with Gasteiger partial charge in [0.15, 0.2) is 11.5 Å². The van der Waals surface area contributed by atoms with Gasteiger partial charge >= 0.3 is 0 Å². The number of carbonyl (C=O) groups is 1. The highest BCUT2D eigenvalue weighted by molar-refractivity contribution is 6.33. The van der Waals surface area contributed by atoms with Crippen LogP contribution in [0.2, 0.25) is 5.15 Å². The van der Waals surface area contributed by atoms with Gasteiger partial charge in [-0.05, 0) is 48.9 Å². The van der Waals surface area contributed by atoms with E-state index in [0.29, 0.717) is 42.6 Å². The van der Waals surface area contributed by atoms with Gasteiger partial charge < -0.3 is 14.8 Å². The summed E-state index contributed by atoms with van der Waals surface area (Å²) in [6.45, 7) is 3.02. The van der Waals surface area contributed by atoms with Gasteiger partial charge in [-0.15, -0.1) is 0 Å². The lowest BCUT2D eigenvalue weighted by molar-refractivity contribution is 0.0950. The Morgan fingerprint density at radius 2 is 1.89 bits per heavy atom. The number of hydrogen-bond donors (Lipinski definition) is 1. The first-order chi connectivity index (χ1) is 13.5. The van der Waals surface area contributed by atoms with Crippen molar-refractivity contribution >= 4 is 17.5 Å². The first-order valence-electron chi connectivity index (χ1n) is 8.71. The van der Waals surface area contributed by atoms with E-state index in [1.165, 1.54) is 16.8 Å². The number of rotatable bonds is 4. The van der Waals surface area contributed by atoms with Gasteiger partial charge in [0.2, 0.25) is 0 Å². The monoisotopic (exact) mass is 401 g/mol. The molecule has 0 unspecified atom stereocenters. The fourth-order valence-electron chi connectivity index (χ4n) is 2.98. The molecule has 0 fully saturated rings. The summed E-state index contributed by atoms with van der Waals surface area (Å²) in [7, 11) is 0. The number of carbonyl (C=O) groups excluding carboxylic acids is 1. The highest BCUT2D eigenvalue weighted by Gasteiger charge is 2.21. The molecule has 1 amide bonds. The number of benzene rings is 2. The maximum atomic E-state index is 13.1. The average Bonchev–Trinajstić information content (AvgIpc) is 3.00. The van der Waals surface area contributed by atoms with Crippen LogP contribution in [-0.4, -0.2) is 28.9 Å². The minimum atomic E-state index is -0.360. The highest BCUT2D eigenvalue weighted by Crippen LogP contribution is 2.31. The van der Waals surface area contributed by atoms with Crippen LogP contribution >= 0.6 is 11.6 Å². The van der Waals surface area contributed by atoms with Crippen LogP contribution in [0.4, 0.5) is 4.39 Å². The summed E-state index contributed by atoms with van der Waals surface area (Å²) in [6.07, 6.45) is 0. The van der Waals surface area contributed by atoms with Gasteiger partial charge in [0.05, 0.1) is 16.9 Å². The molecule has 0 saturated carbocycles. The molecule has 8 heteroatoms. The number of amides is 1. The van der Waals surface area contributed by atoms with Crippen molar-refractivity contribution in [2.45, 2.75) is 13.5 Å². The molecule has 1 N–H and O–H groups in total. The van der Waals surface area contributed by atoms with E-state index in [1.54, 1.807) is 19.1 Å². The van der Waals surface area contributed by atoms with Gasteiger partial charge in [0.25, 0.3) is 5.91 Å². The zero-order valence-corrected chi connectivity index (χ0v) is 15.8. The van der Waals surface area contributed by atoms with Gasteiger partial charge in [-0.1, -0.05) is 17.7 Å². The van der Waals surface area contributed by atoms with Gasteiger partial charge in [-0.3, -0.25) is 4.79 Å². The van der Waals surface area contributed by atoms with Crippen LogP contribution in [-0.2, 0) is 6.54 Å². The number of nitrogens with one attached hydrogen (secondary N) is 1. The molecule has 3 aromatic rings. The van der Waals surface area contributed by atoms with E-state index in [1.807, 2.05) is 18.2 Å². The predicted octanol–water partition coefficient (Wildman–Crippen LogP) is 3.67. The Morgan fingerprint density at radius 1 is 1.18 bits per heavy atom. The number of ether oxygens (including phenoxy) is 2. The Balaban J connectivity index is 1.51. The second kappa shape index (κ2) is 7.52. The van der Waals surface area contributed by atoms with Crippen molar-refractivity contribution in [3.05, 3.63) is 70.3 Å².